The Morgan fingerprint density at radius 3 is 2.81 bits per heavy atom. The molecule has 1 aromatic carbocycles. The summed E-state index contributed by atoms with van der Waals surface area (Å²) in [7, 11) is 1.54. The minimum atomic E-state index is -0.869. The summed E-state index contributed by atoms with van der Waals surface area (Å²) in [6.07, 6.45) is 3.45. The second-order valence-electron chi connectivity index (χ2n) is 7.68. The monoisotopic (exact) mass is 436 g/mol. The fraction of sp³-hybridized carbons (Fsp3) is 0.364. The molecule has 1 fully saturated rings. The summed E-state index contributed by atoms with van der Waals surface area (Å²) < 4.78 is 6.54. The van der Waals surface area contributed by atoms with Crippen molar-refractivity contribution in [2.75, 3.05) is 12.4 Å². The van der Waals surface area contributed by atoms with Crippen molar-refractivity contribution < 1.29 is 19.1 Å². The molecule has 1 aliphatic heterocycles. The van der Waals surface area contributed by atoms with Crippen LogP contribution >= 0.6 is 0 Å². The maximum Gasteiger partial charge on any atom is 0.314 e. The molecule has 2 heterocycles. The van der Waals surface area contributed by atoms with E-state index in [1.807, 2.05) is 12.1 Å². The van der Waals surface area contributed by atoms with Crippen LogP contribution in [0, 0.1) is 12.8 Å². The first kappa shape index (κ1) is 21.4. The number of methoxy groups -OCH3 is 1. The number of hydrogen-bond acceptors (Lipinski definition) is 6. The molecule has 0 spiro atoms. The van der Waals surface area contributed by atoms with Crippen LogP contribution in [0.15, 0.2) is 40.3 Å². The largest absolute Gasteiger partial charge is 0.496 e. The standard InChI is InChI=1S/C22H24N6O4/c1-13-11-18(25-21(31)20(30)23-12-14-7-3-6-10-17(14)32-2)28(27-13)22-24-16-9-5-4-8-15(16)19(29)26-22/h3,6-7,10-11,15H,4-5,8-9,12H2,1-2H3,(H,23,30)(H,25,31). The zero-order valence-electron chi connectivity index (χ0n) is 17.9. The van der Waals surface area contributed by atoms with Crippen molar-refractivity contribution in [3.8, 4) is 5.75 Å². The normalized spacial score (nSPS) is 17.7. The zero-order valence-corrected chi connectivity index (χ0v) is 17.9. The highest BCUT2D eigenvalue weighted by Gasteiger charge is 2.32. The molecule has 0 radical (unpaired) electrons. The molecule has 1 saturated carbocycles. The molecule has 1 aliphatic carbocycles. The summed E-state index contributed by atoms with van der Waals surface area (Å²) in [4.78, 5) is 45.9. The van der Waals surface area contributed by atoms with E-state index < -0.39 is 11.8 Å². The molecule has 10 nitrogen and oxygen atoms in total. The molecule has 166 valence electrons. The summed E-state index contributed by atoms with van der Waals surface area (Å²) in [5.74, 6) is -1.27. The molecule has 32 heavy (non-hydrogen) atoms. The van der Waals surface area contributed by atoms with Crippen molar-refractivity contribution in [1.82, 2.24) is 15.1 Å². The lowest BCUT2D eigenvalue weighted by Gasteiger charge is -2.24. The minimum Gasteiger partial charge on any atom is -0.496 e. The number of rotatable bonds is 4. The first-order valence-electron chi connectivity index (χ1n) is 10.4. The van der Waals surface area contributed by atoms with Crippen molar-refractivity contribution in [3.63, 3.8) is 0 Å². The maximum absolute atomic E-state index is 12.5. The number of para-hydroxylation sites is 1. The lowest BCUT2D eigenvalue weighted by Crippen LogP contribution is -2.37. The molecule has 4 rings (SSSR count). The van der Waals surface area contributed by atoms with Gasteiger partial charge in [-0.1, -0.05) is 24.6 Å². The van der Waals surface area contributed by atoms with E-state index in [4.69, 9.17) is 4.74 Å². The molecule has 2 aromatic rings. The highest BCUT2D eigenvalue weighted by molar-refractivity contribution is 6.39. The Bertz CT molecular complexity index is 1130. The summed E-state index contributed by atoms with van der Waals surface area (Å²) in [5.41, 5.74) is 2.12. The highest BCUT2D eigenvalue weighted by atomic mass is 16.5. The number of ether oxygens (including phenoxy) is 1. The van der Waals surface area contributed by atoms with Crippen LogP contribution in [0.2, 0.25) is 0 Å². The van der Waals surface area contributed by atoms with Gasteiger partial charge in [0.15, 0.2) is 0 Å². The van der Waals surface area contributed by atoms with Gasteiger partial charge in [-0.05, 0) is 32.3 Å². The Kier molecular flexibility index (Phi) is 6.11. The Morgan fingerprint density at radius 2 is 2.00 bits per heavy atom. The summed E-state index contributed by atoms with van der Waals surface area (Å²) in [6.45, 7) is 1.86. The Balaban J connectivity index is 1.47. The van der Waals surface area contributed by atoms with Gasteiger partial charge >= 0.3 is 11.8 Å². The lowest BCUT2D eigenvalue weighted by atomic mass is 9.86. The number of aromatic nitrogens is 2. The molecule has 2 N–H and O–H groups in total. The van der Waals surface area contributed by atoms with Crippen molar-refractivity contribution in [2.24, 2.45) is 15.9 Å². The van der Waals surface area contributed by atoms with E-state index in [1.165, 1.54) is 11.8 Å². The Morgan fingerprint density at radius 1 is 1.19 bits per heavy atom. The van der Waals surface area contributed by atoms with Crippen molar-refractivity contribution in [2.45, 2.75) is 39.2 Å². The number of aliphatic imine (C=N–C) groups is 2. The lowest BCUT2D eigenvalue weighted by molar-refractivity contribution is -0.136. The molecule has 1 unspecified atom stereocenters. The number of carbonyl (C=O) groups excluding carboxylic acids is 3. The van der Waals surface area contributed by atoms with Crippen LogP contribution < -0.4 is 15.4 Å². The predicted molar refractivity (Wildman–Crippen MR) is 118 cm³/mol. The van der Waals surface area contributed by atoms with E-state index in [0.29, 0.717) is 11.4 Å². The van der Waals surface area contributed by atoms with E-state index >= 15 is 0 Å². The van der Waals surface area contributed by atoms with Crippen LogP contribution in [0.4, 0.5) is 5.82 Å². The van der Waals surface area contributed by atoms with Crippen LogP contribution in [0.1, 0.15) is 36.9 Å². The number of fused-ring (bicyclic) bond motifs is 1. The second-order valence-corrected chi connectivity index (χ2v) is 7.68. The van der Waals surface area contributed by atoms with Gasteiger partial charge in [0.2, 0.25) is 0 Å². The molecule has 0 bridgehead atoms. The third-order valence-corrected chi connectivity index (χ3v) is 5.43. The summed E-state index contributed by atoms with van der Waals surface area (Å²) >= 11 is 0. The second kappa shape index (κ2) is 9.13. The van der Waals surface area contributed by atoms with Gasteiger partial charge in [-0.3, -0.25) is 14.4 Å². The molecular formula is C22H24N6O4. The average molecular weight is 436 g/mol. The Hall–Kier alpha value is -3.82. The van der Waals surface area contributed by atoms with E-state index in [-0.39, 0.29) is 30.1 Å². The van der Waals surface area contributed by atoms with Crippen molar-refractivity contribution in [3.05, 3.63) is 41.6 Å². The number of nitrogens with zero attached hydrogens (tertiary/aromatic N) is 4. The van der Waals surface area contributed by atoms with Crippen LogP contribution in [0.25, 0.3) is 0 Å². The van der Waals surface area contributed by atoms with Crippen LogP contribution in [0.3, 0.4) is 0 Å². The van der Waals surface area contributed by atoms with Gasteiger partial charge in [0, 0.05) is 23.9 Å². The fourth-order valence-corrected chi connectivity index (χ4v) is 3.84. The van der Waals surface area contributed by atoms with E-state index in [0.717, 1.165) is 37.0 Å². The van der Waals surface area contributed by atoms with Gasteiger partial charge in [-0.25, -0.2) is 4.99 Å². The van der Waals surface area contributed by atoms with E-state index in [1.54, 1.807) is 25.1 Å². The van der Waals surface area contributed by atoms with Gasteiger partial charge in [0.25, 0.3) is 11.9 Å². The SMILES string of the molecule is COc1ccccc1CNC(=O)C(=O)Nc1cc(C)nn1C1=NC(=O)C2CCCCC2=N1. The number of nitrogens with one attached hydrogen (secondary N) is 2. The topological polar surface area (TPSA) is 127 Å². The summed E-state index contributed by atoms with van der Waals surface area (Å²) in [5, 5.41) is 9.41. The summed E-state index contributed by atoms with van der Waals surface area (Å²) in [6, 6.07) is 8.79. The van der Waals surface area contributed by atoms with Gasteiger partial charge in [-0.2, -0.15) is 14.8 Å². The predicted octanol–water partition coefficient (Wildman–Crippen LogP) is 1.83. The molecule has 0 saturated heterocycles. The van der Waals surface area contributed by atoms with Gasteiger partial charge < -0.3 is 15.4 Å². The quantitative estimate of drug-likeness (QED) is 0.707. The van der Waals surface area contributed by atoms with Gasteiger partial charge in [0.1, 0.15) is 11.6 Å². The van der Waals surface area contributed by atoms with E-state index in [9.17, 15) is 14.4 Å². The van der Waals surface area contributed by atoms with Crippen LogP contribution in [-0.4, -0.2) is 46.3 Å². The van der Waals surface area contributed by atoms with Crippen molar-refractivity contribution >= 4 is 35.2 Å². The van der Waals surface area contributed by atoms with Crippen molar-refractivity contribution in [1.29, 1.82) is 0 Å². The third kappa shape index (κ3) is 4.43. The van der Waals surface area contributed by atoms with Crippen LogP contribution in [-0.2, 0) is 20.9 Å². The maximum atomic E-state index is 12.5. The molecule has 1 atom stereocenters. The van der Waals surface area contributed by atoms with E-state index in [2.05, 4.69) is 25.7 Å². The number of amides is 3. The Labute approximate surface area is 184 Å². The molecule has 1 aromatic heterocycles. The molecular weight excluding hydrogens is 412 g/mol. The first-order chi connectivity index (χ1) is 15.5. The third-order valence-electron chi connectivity index (χ3n) is 5.43. The minimum absolute atomic E-state index is 0.0981. The van der Waals surface area contributed by atoms with Gasteiger partial charge in [-0.15, -0.1) is 0 Å². The number of aryl methyl sites for hydroxylation is 1. The molecule has 10 heteroatoms. The highest BCUT2D eigenvalue weighted by Crippen LogP contribution is 2.26. The fourth-order valence-electron chi connectivity index (χ4n) is 3.84. The smallest absolute Gasteiger partial charge is 0.314 e. The first-order valence-corrected chi connectivity index (χ1v) is 10.4. The number of benzene rings is 1. The molecule has 3 amide bonds. The number of hydrogen-bond donors (Lipinski definition) is 2. The van der Waals surface area contributed by atoms with Gasteiger partial charge in [0.05, 0.1) is 18.7 Å². The average Bonchev–Trinajstić information content (AvgIpc) is 3.17. The number of carbonyl (C=O) groups is 3. The van der Waals surface area contributed by atoms with Crippen LogP contribution in [0.5, 0.6) is 5.75 Å². The number of anilines is 1. The molecule has 2 aliphatic rings. The zero-order chi connectivity index (χ0) is 22.7.